The largest absolute Gasteiger partial charge is 0.483 e. The highest BCUT2D eigenvalue weighted by molar-refractivity contribution is 7.17. The molecule has 7 nitrogen and oxygen atoms in total. The second-order valence-corrected chi connectivity index (χ2v) is 8.58. The summed E-state index contributed by atoms with van der Waals surface area (Å²) < 4.78 is 10.8. The van der Waals surface area contributed by atoms with Crippen LogP contribution in [-0.2, 0) is 22.4 Å². The van der Waals surface area contributed by atoms with Gasteiger partial charge in [0.15, 0.2) is 6.61 Å². The summed E-state index contributed by atoms with van der Waals surface area (Å²) in [6.07, 6.45) is 2.67. The molecule has 0 saturated carbocycles. The van der Waals surface area contributed by atoms with E-state index in [1.807, 2.05) is 6.92 Å². The predicted molar refractivity (Wildman–Crippen MR) is 115 cm³/mol. The molecular formula is C22H26N2O5S. The molecule has 1 heterocycles. The highest BCUT2D eigenvalue weighted by atomic mass is 32.1. The first-order valence-electron chi connectivity index (χ1n) is 9.94. The van der Waals surface area contributed by atoms with Gasteiger partial charge in [-0.15, -0.1) is 11.3 Å². The van der Waals surface area contributed by atoms with Crippen LogP contribution in [0.4, 0.5) is 5.00 Å². The number of benzene rings is 1. The van der Waals surface area contributed by atoms with Crippen molar-refractivity contribution < 1.29 is 23.9 Å². The molecule has 0 saturated heterocycles. The number of nitrogens with two attached hydrogens (primary N) is 1. The minimum Gasteiger partial charge on any atom is -0.483 e. The number of carbonyl (C=O) groups excluding carboxylic acids is 3. The van der Waals surface area contributed by atoms with E-state index in [0.717, 1.165) is 35.3 Å². The molecule has 1 aromatic carbocycles. The van der Waals surface area contributed by atoms with Crippen LogP contribution in [0, 0.1) is 12.8 Å². The van der Waals surface area contributed by atoms with Gasteiger partial charge in [-0.25, -0.2) is 4.79 Å². The standard InChI is InChI=1S/C22H26N2O5S/c1-4-28-22(27)19-15-8-6-13(3)10-17(15)30-21(19)24-18(25)11-29-16-9-12(2)5-7-14(16)20(23)26/h5,7,9,13H,4,6,8,10-11H2,1-3H3,(H2,23,26)(H,24,25). The van der Waals surface area contributed by atoms with Crippen molar-refractivity contribution >= 4 is 34.1 Å². The first-order chi connectivity index (χ1) is 14.3. The molecule has 2 aromatic rings. The summed E-state index contributed by atoms with van der Waals surface area (Å²) in [6.45, 7) is 5.73. The Kier molecular flexibility index (Phi) is 6.77. The van der Waals surface area contributed by atoms with Gasteiger partial charge >= 0.3 is 5.97 Å². The van der Waals surface area contributed by atoms with Crippen LogP contribution in [-0.4, -0.2) is 31.0 Å². The smallest absolute Gasteiger partial charge is 0.341 e. The molecular weight excluding hydrogens is 404 g/mol. The van der Waals surface area contributed by atoms with Gasteiger partial charge in [0, 0.05) is 4.88 Å². The van der Waals surface area contributed by atoms with E-state index >= 15 is 0 Å². The molecule has 0 fully saturated rings. The number of anilines is 1. The molecule has 3 N–H and O–H groups in total. The normalized spacial score (nSPS) is 15.2. The number of aryl methyl sites for hydroxylation is 1. The quantitative estimate of drug-likeness (QED) is 0.654. The molecule has 0 bridgehead atoms. The van der Waals surface area contributed by atoms with E-state index in [1.165, 1.54) is 11.3 Å². The van der Waals surface area contributed by atoms with Crippen molar-refractivity contribution in [3.63, 3.8) is 0 Å². The second-order valence-electron chi connectivity index (χ2n) is 7.48. The molecule has 0 aliphatic heterocycles. The minimum absolute atomic E-state index is 0.209. The van der Waals surface area contributed by atoms with Gasteiger partial charge in [-0.05, 0) is 62.3 Å². The molecule has 3 rings (SSSR count). The minimum atomic E-state index is -0.630. The molecule has 30 heavy (non-hydrogen) atoms. The Morgan fingerprint density at radius 1 is 1.30 bits per heavy atom. The van der Waals surface area contributed by atoms with Crippen LogP contribution in [0.2, 0.25) is 0 Å². The van der Waals surface area contributed by atoms with Crippen LogP contribution in [0.3, 0.4) is 0 Å². The number of amides is 2. The monoisotopic (exact) mass is 430 g/mol. The number of thiophene rings is 1. The van der Waals surface area contributed by atoms with Crippen LogP contribution in [0.15, 0.2) is 18.2 Å². The zero-order valence-corrected chi connectivity index (χ0v) is 18.2. The van der Waals surface area contributed by atoms with Gasteiger partial charge in [0.25, 0.3) is 11.8 Å². The zero-order chi connectivity index (χ0) is 21.8. The maximum absolute atomic E-state index is 12.6. The number of primary amides is 1. The van der Waals surface area contributed by atoms with E-state index < -0.39 is 17.8 Å². The van der Waals surface area contributed by atoms with E-state index in [-0.39, 0.29) is 24.5 Å². The molecule has 0 spiro atoms. The Balaban J connectivity index is 1.78. The average Bonchev–Trinajstić information content (AvgIpc) is 3.03. The topological polar surface area (TPSA) is 108 Å². The summed E-state index contributed by atoms with van der Waals surface area (Å²) in [5.41, 5.74) is 7.88. The third kappa shape index (κ3) is 4.81. The average molecular weight is 431 g/mol. The fourth-order valence-electron chi connectivity index (χ4n) is 3.52. The molecule has 160 valence electrons. The van der Waals surface area contributed by atoms with Gasteiger partial charge in [-0.3, -0.25) is 9.59 Å². The van der Waals surface area contributed by atoms with Crippen LogP contribution in [0.25, 0.3) is 0 Å². The van der Waals surface area contributed by atoms with Gasteiger partial charge in [0.2, 0.25) is 0 Å². The third-order valence-electron chi connectivity index (χ3n) is 5.01. The van der Waals surface area contributed by atoms with E-state index in [2.05, 4.69) is 12.2 Å². The van der Waals surface area contributed by atoms with Crippen LogP contribution < -0.4 is 15.8 Å². The zero-order valence-electron chi connectivity index (χ0n) is 17.4. The SMILES string of the molecule is CCOC(=O)c1c(NC(=O)COc2cc(C)ccc2C(N)=O)sc2c1CCC(C)C2. The molecule has 8 heteroatoms. The Bertz CT molecular complexity index is 982. The molecule has 2 amide bonds. The molecule has 1 aromatic heterocycles. The van der Waals surface area contributed by atoms with E-state index in [4.69, 9.17) is 15.2 Å². The number of hydrogen-bond donors (Lipinski definition) is 2. The summed E-state index contributed by atoms with van der Waals surface area (Å²) in [6, 6.07) is 4.97. The molecule has 1 unspecified atom stereocenters. The van der Waals surface area contributed by atoms with Crippen molar-refractivity contribution in [2.45, 2.75) is 40.0 Å². The highest BCUT2D eigenvalue weighted by Gasteiger charge is 2.29. The van der Waals surface area contributed by atoms with E-state index in [9.17, 15) is 14.4 Å². The van der Waals surface area contributed by atoms with Crippen molar-refractivity contribution in [1.82, 2.24) is 0 Å². The van der Waals surface area contributed by atoms with E-state index in [0.29, 0.717) is 16.5 Å². The van der Waals surface area contributed by atoms with Gasteiger partial charge in [0.1, 0.15) is 10.8 Å². The lowest BCUT2D eigenvalue weighted by molar-refractivity contribution is -0.118. The lowest BCUT2D eigenvalue weighted by Gasteiger charge is -2.18. The van der Waals surface area contributed by atoms with Gasteiger partial charge in [-0.1, -0.05) is 13.0 Å². The van der Waals surface area contributed by atoms with Crippen molar-refractivity contribution in [2.75, 3.05) is 18.5 Å². The van der Waals surface area contributed by atoms with Gasteiger partial charge < -0.3 is 20.5 Å². The number of carbonyl (C=O) groups is 3. The predicted octanol–water partition coefficient (Wildman–Crippen LogP) is 3.47. The Morgan fingerprint density at radius 3 is 2.77 bits per heavy atom. The lowest BCUT2D eigenvalue weighted by atomic mass is 9.88. The van der Waals surface area contributed by atoms with E-state index in [1.54, 1.807) is 25.1 Å². The summed E-state index contributed by atoms with van der Waals surface area (Å²) >= 11 is 1.42. The molecule has 1 atom stereocenters. The molecule has 1 aliphatic carbocycles. The third-order valence-corrected chi connectivity index (χ3v) is 6.18. The number of nitrogens with one attached hydrogen (secondary N) is 1. The number of ether oxygens (including phenoxy) is 2. The Labute approximate surface area is 179 Å². The van der Waals surface area contributed by atoms with Crippen LogP contribution >= 0.6 is 11.3 Å². The maximum atomic E-state index is 12.6. The summed E-state index contributed by atoms with van der Waals surface area (Å²) in [4.78, 5) is 37.8. The van der Waals surface area contributed by atoms with Crippen LogP contribution in [0.5, 0.6) is 5.75 Å². The lowest BCUT2D eigenvalue weighted by Crippen LogP contribution is -2.22. The summed E-state index contributed by atoms with van der Waals surface area (Å²) in [5.74, 6) is -0.691. The summed E-state index contributed by atoms with van der Waals surface area (Å²) in [7, 11) is 0. The molecule has 1 aliphatic rings. The van der Waals surface area contributed by atoms with Crippen molar-refractivity contribution in [3.05, 3.63) is 45.3 Å². The first-order valence-corrected chi connectivity index (χ1v) is 10.8. The van der Waals surface area contributed by atoms with Crippen molar-refractivity contribution in [3.8, 4) is 5.75 Å². The van der Waals surface area contributed by atoms with Crippen molar-refractivity contribution in [1.29, 1.82) is 0 Å². The van der Waals surface area contributed by atoms with Gasteiger partial charge in [-0.2, -0.15) is 0 Å². The fraction of sp³-hybridized carbons (Fsp3) is 0.409. The number of fused-ring (bicyclic) bond motifs is 1. The number of rotatable bonds is 7. The van der Waals surface area contributed by atoms with Crippen molar-refractivity contribution in [2.24, 2.45) is 11.7 Å². The fourth-order valence-corrected chi connectivity index (χ4v) is 4.93. The Morgan fingerprint density at radius 2 is 2.07 bits per heavy atom. The van der Waals surface area contributed by atoms with Crippen LogP contribution in [0.1, 0.15) is 57.0 Å². The number of esters is 1. The number of hydrogen-bond acceptors (Lipinski definition) is 6. The highest BCUT2D eigenvalue weighted by Crippen LogP contribution is 2.40. The molecule has 0 radical (unpaired) electrons. The Hall–Kier alpha value is -2.87. The maximum Gasteiger partial charge on any atom is 0.341 e. The second kappa shape index (κ2) is 9.30. The van der Waals surface area contributed by atoms with Gasteiger partial charge in [0.05, 0.1) is 17.7 Å². The first kappa shape index (κ1) is 21.8. The summed E-state index contributed by atoms with van der Waals surface area (Å²) in [5, 5.41) is 3.28.